The van der Waals surface area contributed by atoms with Crippen LogP contribution in [0.3, 0.4) is 0 Å². The maximum absolute atomic E-state index is 8.91. The topological polar surface area (TPSA) is 33.0 Å². The van der Waals surface area contributed by atoms with E-state index in [9.17, 15) is 0 Å². The first-order chi connectivity index (χ1) is 12.7. The summed E-state index contributed by atoms with van der Waals surface area (Å²) >= 11 is 0. The minimum Gasteiger partial charge on any atom is -0.453 e. The van der Waals surface area contributed by atoms with E-state index in [1.165, 1.54) is 23.6 Å². The van der Waals surface area contributed by atoms with Crippen LogP contribution in [0.4, 0.5) is 0 Å². The summed E-state index contributed by atoms with van der Waals surface area (Å²) in [4.78, 5) is 0. The van der Waals surface area contributed by atoms with Crippen molar-refractivity contribution in [3.8, 4) is 17.2 Å². The maximum Gasteiger partial charge on any atom is 0.198 e. The highest BCUT2D eigenvalue weighted by Gasteiger charge is 2.30. The summed E-state index contributed by atoms with van der Waals surface area (Å²) in [5.74, 6) is 0. The van der Waals surface area contributed by atoms with E-state index in [-0.39, 0.29) is 0 Å². The van der Waals surface area contributed by atoms with Crippen molar-refractivity contribution in [2.45, 2.75) is 52.0 Å². The molecule has 0 aromatic heterocycles. The summed E-state index contributed by atoms with van der Waals surface area (Å²) in [5, 5.41) is 8.91. The Balaban J connectivity index is 1.90. The summed E-state index contributed by atoms with van der Waals surface area (Å²) in [7, 11) is -3.28. The number of hydrogen-bond acceptors (Lipinski definition) is 2. The van der Waals surface area contributed by atoms with Crippen LogP contribution in [-0.4, -0.2) is 16.6 Å². The lowest BCUT2D eigenvalue weighted by molar-refractivity contribution is 0.549. The third-order valence-electron chi connectivity index (χ3n) is 4.65. The number of aryl methyl sites for hydroxylation is 1. The molecule has 0 unspecified atom stereocenters. The van der Waals surface area contributed by atoms with Gasteiger partial charge in [-0.1, -0.05) is 48.2 Å². The van der Waals surface area contributed by atoms with E-state index in [0.29, 0.717) is 5.56 Å². The zero-order valence-corrected chi connectivity index (χ0v) is 19.3. The van der Waals surface area contributed by atoms with Crippen molar-refractivity contribution in [3.05, 3.63) is 71.4 Å². The highest BCUT2D eigenvalue weighted by Crippen LogP contribution is 2.24. The van der Waals surface area contributed by atoms with E-state index in [1.807, 2.05) is 24.3 Å². The Morgan fingerprint density at radius 2 is 1.48 bits per heavy atom. The third-order valence-corrected chi connectivity index (χ3v) is 11.7. The molecule has 0 saturated heterocycles. The zero-order valence-electron chi connectivity index (χ0n) is 17.3. The van der Waals surface area contributed by atoms with E-state index in [4.69, 9.17) is 9.38 Å². The van der Waals surface area contributed by atoms with Crippen LogP contribution in [0, 0.1) is 11.3 Å². The maximum atomic E-state index is 8.91. The van der Waals surface area contributed by atoms with Gasteiger partial charge in [0.05, 0.1) is 11.6 Å². The highest BCUT2D eigenvalue weighted by atomic mass is 28.4. The molecule has 0 fully saturated rings. The molecule has 0 aliphatic carbocycles. The van der Waals surface area contributed by atoms with Gasteiger partial charge in [-0.3, -0.25) is 0 Å². The van der Waals surface area contributed by atoms with Gasteiger partial charge in [0.15, 0.2) is 16.6 Å². The average Bonchev–Trinajstić information content (AvgIpc) is 2.61. The number of hydrogen-bond donors (Lipinski definition) is 0. The van der Waals surface area contributed by atoms with Gasteiger partial charge in [0.1, 0.15) is 0 Å². The van der Waals surface area contributed by atoms with Gasteiger partial charge in [0.25, 0.3) is 0 Å². The van der Waals surface area contributed by atoms with Gasteiger partial charge in [0.2, 0.25) is 0 Å². The van der Waals surface area contributed by atoms with E-state index in [2.05, 4.69) is 75.2 Å². The lowest BCUT2D eigenvalue weighted by Crippen LogP contribution is -2.43. The first kappa shape index (κ1) is 21.4. The smallest absolute Gasteiger partial charge is 0.198 e. The zero-order chi connectivity index (χ0) is 19.9. The van der Waals surface area contributed by atoms with Crippen molar-refractivity contribution in [2.75, 3.05) is 0 Å². The minimum atomic E-state index is -1.66. The molecular weight excluding hydrogens is 362 g/mol. The van der Waals surface area contributed by atoms with Crippen LogP contribution in [0.5, 0.6) is 0 Å². The molecule has 0 saturated carbocycles. The largest absolute Gasteiger partial charge is 0.453 e. The fourth-order valence-corrected chi connectivity index (χ4v) is 11.7. The van der Waals surface area contributed by atoms with Gasteiger partial charge in [-0.25, -0.2) is 0 Å². The molecule has 0 bridgehead atoms. The Bertz CT molecular complexity index is 800. The molecule has 0 aliphatic heterocycles. The van der Waals surface area contributed by atoms with Crippen LogP contribution in [0.1, 0.15) is 24.5 Å². The van der Waals surface area contributed by atoms with Gasteiger partial charge in [0, 0.05) is 0 Å². The first-order valence-corrected chi connectivity index (χ1v) is 15.8. The highest BCUT2D eigenvalue weighted by molar-refractivity contribution is 6.87. The standard InChI is InChI=1S/C23H31NOSi2/c1-6-17-26(2,3)25-27(4,5)18-7-8-20-9-13-22(14-10-20)23-15-11-21(19-24)12-16-23/h6,9-17H,7-8,18H2,1-5H3. The summed E-state index contributed by atoms with van der Waals surface area (Å²) in [6.07, 6.45) is 4.40. The summed E-state index contributed by atoms with van der Waals surface area (Å²) < 4.78 is 6.57. The van der Waals surface area contributed by atoms with Crippen LogP contribution >= 0.6 is 0 Å². The van der Waals surface area contributed by atoms with E-state index in [0.717, 1.165) is 12.0 Å². The van der Waals surface area contributed by atoms with Crippen LogP contribution in [0.2, 0.25) is 32.2 Å². The van der Waals surface area contributed by atoms with Gasteiger partial charge in [-0.2, -0.15) is 5.26 Å². The summed E-state index contributed by atoms with van der Waals surface area (Å²) in [6.45, 7) is 11.3. The molecule has 0 radical (unpaired) electrons. The summed E-state index contributed by atoms with van der Waals surface area (Å²) in [5.41, 5.74) is 6.70. The Hall–Kier alpha value is -1.94. The SMILES string of the molecule is CC=C[Si](C)(C)O[Si](C)(C)CCCc1ccc(-c2ccc(C#N)cc2)cc1. The first-order valence-electron chi connectivity index (χ1n) is 9.68. The lowest BCUT2D eigenvalue weighted by atomic mass is 10.0. The Morgan fingerprint density at radius 1 is 0.926 bits per heavy atom. The van der Waals surface area contributed by atoms with Gasteiger partial charge in [-0.05, 0) is 80.8 Å². The van der Waals surface area contributed by atoms with Crippen LogP contribution in [0.25, 0.3) is 11.1 Å². The van der Waals surface area contributed by atoms with E-state index < -0.39 is 16.6 Å². The second-order valence-corrected chi connectivity index (χ2v) is 16.6. The molecule has 0 N–H and O–H groups in total. The molecule has 2 nitrogen and oxygen atoms in total. The van der Waals surface area contributed by atoms with Crippen LogP contribution in [0.15, 0.2) is 60.3 Å². The number of nitrogens with zero attached hydrogens (tertiary/aromatic N) is 1. The van der Waals surface area contributed by atoms with Crippen molar-refractivity contribution in [3.63, 3.8) is 0 Å². The second-order valence-electron chi connectivity index (χ2n) is 8.20. The minimum absolute atomic E-state index is 0.699. The molecule has 0 spiro atoms. The molecule has 2 aromatic carbocycles. The number of nitriles is 1. The molecular formula is C23H31NOSi2. The number of rotatable bonds is 8. The normalized spacial score (nSPS) is 12.3. The molecule has 2 aromatic rings. The Kier molecular flexibility index (Phi) is 7.37. The van der Waals surface area contributed by atoms with Crippen LogP contribution in [-0.2, 0) is 10.5 Å². The second kappa shape index (κ2) is 9.32. The quantitative estimate of drug-likeness (QED) is 0.467. The fourth-order valence-electron chi connectivity index (χ4n) is 3.52. The van der Waals surface area contributed by atoms with Crippen molar-refractivity contribution < 1.29 is 4.12 Å². The van der Waals surface area contributed by atoms with Crippen molar-refractivity contribution >= 4 is 16.6 Å². The lowest BCUT2D eigenvalue weighted by Gasteiger charge is -2.32. The average molecular weight is 394 g/mol. The third kappa shape index (κ3) is 6.95. The molecule has 4 heteroatoms. The van der Waals surface area contributed by atoms with E-state index >= 15 is 0 Å². The molecule has 2 rings (SSSR count). The molecule has 27 heavy (non-hydrogen) atoms. The van der Waals surface area contributed by atoms with Gasteiger partial charge < -0.3 is 4.12 Å². The molecule has 0 aliphatic rings. The van der Waals surface area contributed by atoms with E-state index in [1.54, 1.807) is 0 Å². The Morgan fingerprint density at radius 3 is 2.00 bits per heavy atom. The molecule has 0 amide bonds. The van der Waals surface area contributed by atoms with Crippen LogP contribution < -0.4 is 0 Å². The predicted molar refractivity (Wildman–Crippen MR) is 121 cm³/mol. The van der Waals surface area contributed by atoms with Gasteiger partial charge >= 0.3 is 0 Å². The summed E-state index contributed by atoms with van der Waals surface area (Å²) in [6, 6.07) is 19.9. The molecule has 142 valence electrons. The molecule has 0 heterocycles. The monoisotopic (exact) mass is 393 g/mol. The fraction of sp³-hybridized carbons (Fsp3) is 0.348. The van der Waals surface area contributed by atoms with Gasteiger partial charge in [-0.15, -0.1) is 0 Å². The number of benzene rings is 2. The molecule has 0 atom stereocenters. The van der Waals surface area contributed by atoms with Crippen molar-refractivity contribution in [1.82, 2.24) is 0 Å². The predicted octanol–water partition coefficient (Wildman–Crippen LogP) is 6.70. The Labute approximate surface area is 166 Å². The van der Waals surface area contributed by atoms with Crippen molar-refractivity contribution in [2.24, 2.45) is 0 Å². The number of allylic oxidation sites excluding steroid dienone is 1. The van der Waals surface area contributed by atoms with Crippen molar-refractivity contribution in [1.29, 1.82) is 5.26 Å².